The van der Waals surface area contributed by atoms with Crippen LogP contribution in [-0.2, 0) is 0 Å². The van der Waals surface area contributed by atoms with Crippen LogP contribution in [0.2, 0.25) is 0 Å². The fraction of sp³-hybridized carbons (Fsp3) is 0.0833. The molecule has 0 aromatic heterocycles. The monoisotopic (exact) mass is 308 g/mol. The van der Waals surface area contributed by atoms with Crippen LogP contribution in [0.1, 0.15) is 22.3 Å². The van der Waals surface area contributed by atoms with Gasteiger partial charge < -0.3 is 0 Å². The lowest BCUT2D eigenvalue weighted by atomic mass is 9.92. The molecule has 4 aromatic rings. The van der Waals surface area contributed by atoms with Crippen molar-refractivity contribution >= 4 is 33.7 Å². The topological polar surface area (TPSA) is 0 Å². The lowest BCUT2D eigenvalue weighted by Crippen LogP contribution is -1.88. The van der Waals surface area contributed by atoms with Crippen molar-refractivity contribution in [2.45, 2.75) is 13.8 Å². The lowest BCUT2D eigenvalue weighted by molar-refractivity contribution is 1.46. The maximum atomic E-state index is 2.26. The third-order valence-corrected chi connectivity index (χ3v) is 4.76. The van der Waals surface area contributed by atoms with Gasteiger partial charge in [0, 0.05) is 0 Å². The van der Waals surface area contributed by atoms with Gasteiger partial charge in [-0.2, -0.15) is 0 Å². The first kappa shape index (κ1) is 14.7. The fourth-order valence-corrected chi connectivity index (χ4v) is 3.42. The smallest absolute Gasteiger partial charge is 0.00990 e. The van der Waals surface area contributed by atoms with Gasteiger partial charge in [-0.1, -0.05) is 90.5 Å². The van der Waals surface area contributed by atoms with Crippen molar-refractivity contribution in [2.75, 3.05) is 0 Å². The molecule has 0 heteroatoms. The molecule has 0 radical (unpaired) electrons. The molecule has 4 rings (SSSR count). The number of hydrogen-bond acceptors (Lipinski definition) is 0. The summed E-state index contributed by atoms with van der Waals surface area (Å²) in [7, 11) is 0. The van der Waals surface area contributed by atoms with E-state index in [4.69, 9.17) is 0 Å². The molecule has 0 aliphatic rings. The van der Waals surface area contributed by atoms with Crippen LogP contribution in [0.3, 0.4) is 0 Å². The van der Waals surface area contributed by atoms with E-state index in [9.17, 15) is 0 Å². The van der Waals surface area contributed by atoms with Crippen molar-refractivity contribution in [3.8, 4) is 0 Å². The quantitative estimate of drug-likeness (QED) is 0.283. The Bertz CT molecular complexity index is 994. The third-order valence-electron chi connectivity index (χ3n) is 4.76. The maximum Gasteiger partial charge on any atom is -0.00990 e. The van der Waals surface area contributed by atoms with Gasteiger partial charge in [0.2, 0.25) is 0 Å². The minimum Gasteiger partial charge on any atom is -0.0616 e. The number of benzene rings is 4. The van der Waals surface area contributed by atoms with E-state index in [-0.39, 0.29) is 0 Å². The Morgan fingerprint density at radius 2 is 1.04 bits per heavy atom. The highest BCUT2D eigenvalue weighted by atomic mass is 14.1. The zero-order valence-electron chi connectivity index (χ0n) is 14.1. The number of hydrogen-bond donors (Lipinski definition) is 0. The molecule has 0 unspecified atom stereocenters. The van der Waals surface area contributed by atoms with Gasteiger partial charge in [0.1, 0.15) is 0 Å². The van der Waals surface area contributed by atoms with Crippen LogP contribution in [0.5, 0.6) is 0 Å². The molecule has 0 bridgehead atoms. The highest BCUT2D eigenvalue weighted by Gasteiger charge is 2.08. The van der Waals surface area contributed by atoms with Crippen molar-refractivity contribution in [3.63, 3.8) is 0 Å². The maximum absolute atomic E-state index is 2.26. The van der Waals surface area contributed by atoms with Gasteiger partial charge in [0.25, 0.3) is 0 Å². The summed E-state index contributed by atoms with van der Waals surface area (Å²) in [6, 6.07) is 26.0. The average molecular weight is 308 g/mol. The zero-order valence-corrected chi connectivity index (χ0v) is 14.1. The second-order valence-electron chi connectivity index (χ2n) is 6.37. The van der Waals surface area contributed by atoms with Gasteiger partial charge in [-0.15, -0.1) is 0 Å². The summed E-state index contributed by atoms with van der Waals surface area (Å²) in [4.78, 5) is 0. The number of aryl methyl sites for hydroxylation is 2. The van der Waals surface area contributed by atoms with Crippen LogP contribution >= 0.6 is 0 Å². The van der Waals surface area contributed by atoms with E-state index in [0.29, 0.717) is 0 Å². The van der Waals surface area contributed by atoms with Gasteiger partial charge in [-0.25, -0.2) is 0 Å². The standard InChI is InChI=1S/C24H20/c1-17-11-13-19(14-12-17)15-16-24-22-9-5-3-7-20(22)18(2)21-8-4-6-10-23(21)24/h3-16H,1-2H3. The predicted octanol–water partition coefficient (Wildman–Crippen LogP) is 6.78. The molecule has 0 saturated heterocycles. The van der Waals surface area contributed by atoms with Crippen molar-refractivity contribution in [3.05, 3.63) is 95.1 Å². The van der Waals surface area contributed by atoms with Gasteiger partial charge in [-0.3, -0.25) is 0 Å². The van der Waals surface area contributed by atoms with E-state index in [2.05, 4.69) is 98.8 Å². The van der Waals surface area contributed by atoms with E-state index in [1.807, 2.05) is 0 Å². The van der Waals surface area contributed by atoms with E-state index < -0.39 is 0 Å². The second-order valence-corrected chi connectivity index (χ2v) is 6.37. The Morgan fingerprint density at radius 1 is 0.542 bits per heavy atom. The lowest BCUT2D eigenvalue weighted by Gasteiger charge is -2.12. The molecular weight excluding hydrogens is 288 g/mol. The zero-order chi connectivity index (χ0) is 16.5. The Labute approximate surface area is 143 Å². The molecule has 0 aliphatic heterocycles. The third kappa shape index (κ3) is 2.51. The Hall–Kier alpha value is -2.86. The molecule has 0 atom stereocenters. The molecule has 0 N–H and O–H groups in total. The van der Waals surface area contributed by atoms with Crippen LogP contribution in [0, 0.1) is 13.8 Å². The molecule has 0 amide bonds. The SMILES string of the molecule is Cc1ccc(C=Cc2c3ccccc3c(C)c3ccccc23)cc1. The molecule has 24 heavy (non-hydrogen) atoms. The van der Waals surface area contributed by atoms with Crippen LogP contribution in [0.25, 0.3) is 33.7 Å². The molecule has 0 heterocycles. The summed E-state index contributed by atoms with van der Waals surface area (Å²) in [5.74, 6) is 0. The first-order valence-corrected chi connectivity index (χ1v) is 8.39. The second kappa shape index (κ2) is 5.98. The molecule has 0 spiro atoms. The molecule has 0 fully saturated rings. The summed E-state index contributed by atoms with van der Waals surface area (Å²) >= 11 is 0. The van der Waals surface area contributed by atoms with Gasteiger partial charge in [-0.05, 0) is 52.1 Å². The van der Waals surface area contributed by atoms with Gasteiger partial charge >= 0.3 is 0 Å². The molecule has 116 valence electrons. The fourth-order valence-electron chi connectivity index (χ4n) is 3.42. The molecule has 4 aromatic carbocycles. The molecular formula is C24H20. The van der Waals surface area contributed by atoms with Gasteiger partial charge in [0.05, 0.1) is 0 Å². The van der Waals surface area contributed by atoms with E-state index in [1.54, 1.807) is 0 Å². The largest absolute Gasteiger partial charge is 0.0616 e. The molecule has 0 aliphatic carbocycles. The van der Waals surface area contributed by atoms with Crippen molar-refractivity contribution < 1.29 is 0 Å². The first-order chi connectivity index (χ1) is 11.7. The molecule has 0 saturated carbocycles. The number of fused-ring (bicyclic) bond motifs is 2. The van der Waals surface area contributed by atoms with Crippen LogP contribution in [0.15, 0.2) is 72.8 Å². The summed E-state index contributed by atoms with van der Waals surface area (Å²) in [6.07, 6.45) is 4.47. The number of rotatable bonds is 2. The summed E-state index contributed by atoms with van der Waals surface area (Å²) in [6.45, 7) is 4.34. The van der Waals surface area contributed by atoms with Crippen LogP contribution < -0.4 is 0 Å². The Kier molecular flexibility index (Phi) is 3.66. The van der Waals surface area contributed by atoms with Crippen molar-refractivity contribution in [1.82, 2.24) is 0 Å². The van der Waals surface area contributed by atoms with E-state index in [0.717, 1.165) is 0 Å². The van der Waals surface area contributed by atoms with Gasteiger partial charge in [0.15, 0.2) is 0 Å². The Morgan fingerprint density at radius 3 is 1.58 bits per heavy atom. The minimum atomic E-state index is 1.23. The Balaban J connectivity index is 1.98. The summed E-state index contributed by atoms with van der Waals surface area (Å²) < 4.78 is 0. The van der Waals surface area contributed by atoms with E-state index >= 15 is 0 Å². The van der Waals surface area contributed by atoms with E-state index in [1.165, 1.54) is 43.8 Å². The van der Waals surface area contributed by atoms with Crippen LogP contribution in [-0.4, -0.2) is 0 Å². The van der Waals surface area contributed by atoms with Crippen molar-refractivity contribution in [1.29, 1.82) is 0 Å². The highest BCUT2D eigenvalue weighted by molar-refractivity contribution is 6.10. The summed E-state index contributed by atoms with van der Waals surface area (Å²) in [5.41, 5.74) is 5.17. The minimum absolute atomic E-state index is 1.23. The predicted molar refractivity (Wildman–Crippen MR) is 106 cm³/mol. The molecule has 0 nitrogen and oxygen atoms in total. The first-order valence-electron chi connectivity index (χ1n) is 8.39. The average Bonchev–Trinajstić information content (AvgIpc) is 2.63. The van der Waals surface area contributed by atoms with Crippen molar-refractivity contribution in [2.24, 2.45) is 0 Å². The summed E-state index contributed by atoms with van der Waals surface area (Å²) in [5, 5.41) is 5.30. The normalized spacial score (nSPS) is 11.6. The highest BCUT2D eigenvalue weighted by Crippen LogP contribution is 2.33. The van der Waals surface area contributed by atoms with Crippen LogP contribution in [0.4, 0.5) is 0 Å².